The van der Waals surface area contributed by atoms with Crippen molar-refractivity contribution in [2.45, 2.75) is 11.7 Å². The van der Waals surface area contributed by atoms with Gasteiger partial charge in [0.05, 0.1) is 17.3 Å². The molecule has 0 aliphatic carbocycles. The molecule has 2 aliphatic heterocycles. The van der Waals surface area contributed by atoms with Gasteiger partial charge in [-0.25, -0.2) is 0 Å². The van der Waals surface area contributed by atoms with Crippen LogP contribution in [0.25, 0.3) is 0 Å². The van der Waals surface area contributed by atoms with Crippen LogP contribution in [0.3, 0.4) is 0 Å². The average Bonchev–Trinajstić information content (AvgIpc) is 3.37. The number of amides is 2. The lowest BCUT2D eigenvalue weighted by atomic mass is 9.92. The summed E-state index contributed by atoms with van der Waals surface area (Å²) in [6.45, 7) is 0.377. The summed E-state index contributed by atoms with van der Waals surface area (Å²) >= 11 is 1.66. The molecule has 2 aliphatic rings. The van der Waals surface area contributed by atoms with Crippen LogP contribution in [0.4, 0.5) is 11.4 Å². The van der Waals surface area contributed by atoms with Crippen molar-refractivity contribution < 1.29 is 9.59 Å². The van der Waals surface area contributed by atoms with Crippen LogP contribution in [-0.2, 0) is 10.5 Å². The smallest absolute Gasteiger partial charge is 0.278 e. The molecule has 0 unspecified atom stereocenters. The Morgan fingerprint density at radius 3 is 2.52 bits per heavy atom. The number of carbonyl (C=O) groups excluding carboxylic acids is 2. The standard InChI is InChI=1S/C24H24N4O2S/c1-26(2)20(21-13-8-14-31-21)15-28-22(29)16-9-4-6-11-18(16)25-24(28)17-10-5-7-12-19(17)27(3)23(24)30/h4-14,20,25H,15H2,1-3H3/t20-,24+/m1/s1. The summed E-state index contributed by atoms with van der Waals surface area (Å²) in [6, 6.07) is 19.2. The predicted molar refractivity (Wildman–Crippen MR) is 123 cm³/mol. The van der Waals surface area contributed by atoms with Crippen molar-refractivity contribution in [3.8, 4) is 0 Å². The number of nitrogens with zero attached hydrogens (tertiary/aromatic N) is 3. The Labute approximate surface area is 185 Å². The van der Waals surface area contributed by atoms with Crippen LogP contribution in [0.15, 0.2) is 66.0 Å². The van der Waals surface area contributed by atoms with E-state index in [-0.39, 0.29) is 17.9 Å². The largest absolute Gasteiger partial charge is 0.350 e. The summed E-state index contributed by atoms with van der Waals surface area (Å²) in [5.41, 5.74) is 1.60. The van der Waals surface area contributed by atoms with Gasteiger partial charge in [0.1, 0.15) is 0 Å². The maximum Gasteiger partial charge on any atom is 0.278 e. The van der Waals surface area contributed by atoms with E-state index in [9.17, 15) is 9.59 Å². The number of rotatable bonds is 4. The number of likely N-dealkylation sites (N-methyl/N-ethyl adjacent to an activating group) is 2. The fourth-order valence-corrected chi connectivity index (χ4v) is 5.55. The summed E-state index contributed by atoms with van der Waals surface area (Å²) in [6.07, 6.45) is 0. The van der Waals surface area contributed by atoms with Crippen molar-refractivity contribution in [3.63, 3.8) is 0 Å². The van der Waals surface area contributed by atoms with Crippen molar-refractivity contribution in [1.82, 2.24) is 9.80 Å². The Balaban J connectivity index is 1.71. The lowest BCUT2D eigenvalue weighted by Crippen LogP contribution is -2.63. The molecule has 5 rings (SSSR count). The van der Waals surface area contributed by atoms with Crippen molar-refractivity contribution in [2.75, 3.05) is 37.9 Å². The second-order valence-corrected chi connectivity index (χ2v) is 9.15. The maximum atomic E-state index is 13.9. The third kappa shape index (κ3) is 2.80. The minimum absolute atomic E-state index is 0.0428. The van der Waals surface area contributed by atoms with Gasteiger partial charge in [0.25, 0.3) is 11.8 Å². The summed E-state index contributed by atoms with van der Waals surface area (Å²) in [5, 5.41) is 5.52. The molecule has 7 heteroatoms. The molecule has 1 aromatic heterocycles. The van der Waals surface area contributed by atoms with E-state index in [0.717, 1.165) is 16.1 Å². The molecule has 3 aromatic rings. The van der Waals surface area contributed by atoms with Crippen LogP contribution in [0.5, 0.6) is 0 Å². The fourth-order valence-electron chi connectivity index (χ4n) is 4.64. The van der Waals surface area contributed by atoms with E-state index in [4.69, 9.17) is 0 Å². The lowest BCUT2D eigenvalue weighted by molar-refractivity contribution is -0.127. The number of benzene rings is 2. The van der Waals surface area contributed by atoms with E-state index in [0.29, 0.717) is 17.8 Å². The maximum absolute atomic E-state index is 13.9. The second kappa shape index (κ2) is 7.21. The molecule has 158 valence electrons. The van der Waals surface area contributed by atoms with Crippen molar-refractivity contribution in [1.29, 1.82) is 0 Å². The first-order chi connectivity index (χ1) is 14.9. The normalized spacial score (nSPS) is 20.8. The molecule has 31 heavy (non-hydrogen) atoms. The molecular weight excluding hydrogens is 408 g/mol. The molecule has 0 bridgehead atoms. The Kier molecular flexibility index (Phi) is 4.60. The first kappa shape index (κ1) is 19.8. The first-order valence-electron chi connectivity index (χ1n) is 10.2. The minimum Gasteiger partial charge on any atom is -0.350 e. The predicted octanol–water partition coefficient (Wildman–Crippen LogP) is 3.75. The lowest BCUT2D eigenvalue weighted by Gasteiger charge is -2.46. The minimum atomic E-state index is -1.28. The Morgan fingerprint density at radius 1 is 1.03 bits per heavy atom. The second-order valence-electron chi connectivity index (χ2n) is 8.17. The van der Waals surface area contributed by atoms with Crippen LogP contribution < -0.4 is 10.2 Å². The van der Waals surface area contributed by atoms with Gasteiger partial charge < -0.3 is 20.0 Å². The Morgan fingerprint density at radius 2 is 1.77 bits per heavy atom. The molecule has 2 amide bonds. The zero-order valence-electron chi connectivity index (χ0n) is 17.7. The highest BCUT2D eigenvalue weighted by Gasteiger charge is 2.58. The molecule has 0 radical (unpaired) electrons. The highest BCUT2D eigenvalue weighted by molar-refractivity contribution is 7.10. The van der Waals surface area contributed by atoms with Gasteiger partial charge in [0, 0.05) is 29.7 Å². The van der Waals surface area contributed by atoms with Crippen molar-refractivity contribution in [3.05, 3.63) is 82.0 Å². The zero-order valence-corrected chi connectivity index (χ0v) is 18.5. The number of para-hydroxylation sites is 2. The first-order valence-corrected chi connectivity index (χ1v) is 11.1. The number of carbonyl (C=O) groups is 2. The summed E-state index contributed by atoms with van der Waals surface area (Å²) < 4.78 is 0. The van der Waals surface area contributed by atoms with E-state index >= 15 is 0 Å². The fraction of sp³-hybridized carbons (Fsp3) is 0.250. The number of hydrogen-bond acceptors (Lipinski definition) is 5. The molecule has 0 saturated heterocycles. The van der Waals surface area contributed by atoms with Crippen LogP contribution in [0.2, 0.25) is 0 Å². The third-order valence-corrected chi connectivity index (χ3v) is 7.22. The van der Waals surface area contributed by atoms with Gasteiger partial charge in [0.2, 0.25) is 5.66 Å². The van der Waals surface area contributed by atoms with Crippen molar-refractivity contribution >= 4 is 34.5 Å². The molecule has 0 saturated carbocycles. The molecule has 2 atom stereocenters. The zero-order chi connectivity index (χ0) is 21.8. The highest BCUT2D eigenvalue weighted by atomic mass is 32.1. The van der Waals surface area contributed by atoms with Crippen LogP contribution in [0, 0.1) is 0 Å². The van der Waals surface area contributed by atoms with Crippen LogP contribution in [0.1, 0.15) is 26.8 Å². The monoisotopic (exact) mass is 432 g/mol. The molecule has 1 spiro atoms. The molecular formula is C24H24N4O2S. The topological polar surface area (TPSA) is 55.9 Å². The number of anilines is 2. The number of thiophene rings is 1. The van der Waals surface area contributed by atoms with E-state index in [1.807, 2.05) is 74.1 Å². The summed E-state index contributed by atoms with van der Waals surface area (Å²) in [7, 11) is 5.77. The van der Waals surface area contributed by atoms with E-state index in [2.05, 4.69) is 16.3 Å². The van der Waals surface area contributed by atoms with E-state index in [1.165, 1.54) is 0 Å². The van der Waals surface area contributed by atoms with Crippen molar-refractivity contribution in [2.24, 2.45) is 0 Å². The molecule has 1 N–H and O–H groups in total. The molecule has 6 nitrogen and oxygen atoms in total. The number of fused-ring (bicyclic) bond motifs is 3. The highest BCUT2D eigenvalue weighted by Crippen LogP contribution is 2.48. The Bertz CT molecular complexity index is 1160. The Hall–Kier alpha value is -3.16. The van der Waals surface area contributed by atoms with Gasteiger partial charge >= 0.3 is 0 Å². The van der Waals surface area contributed by atoms with Crippen LogP contribution in [-0.4, -0.2) is 49.3 Å². The van der Waals surface area contributed by atoms with Gasteiger partial charge in [-0.15, -0.1) is 11.3 Å². The molecule has 3 heterocycles. The third-order valence-electron chi connectivity index (χ3n) is 6.24. The molecule has 2 aromatic carbocycles. The van der Waals surface area contributed by atoms with Crippen LogP contribution >= 0.6 is 11.3 Å². The average molecular weight is 433 g/mol. The summed E-state index contributed by atoms with van der Waals surface area (Å²) in [5.74, 6) is -0.295. The SMILES string of the molecule is CN1C(=O)[C@]2(Nc3ccccc3C(=O)N2C[C@H](c2cccs2)N(C)C)c2ccccc21. The quantitative estimate of drug-likeness (QED) is 0.682. The molecule has 0 fully saturated rings. The van der Waals surface area contributed by atoms with E-state index < -0.39 is 5.66 Å². The van der Waals surface area contributed by atoms with E-state index in [1.54, 1.807) is 28.2 Å². The number of nitrogens with one attached hydrogen (secondary N) is 1. The van der Waals surface area contributed by atoms with Gasteiger partial charge in [-0.2, -0.15) is 0 Å². The van der Waals surface area contributed by atoms with Gasteiger partial charge in [-0.05, 0) is 43.7 Å². The summed E-state index contributed by atoms with van der Waals surface area (Å²) in [4.78, 5) is 34.3. The van der Waals surface area contributed by atoms with Gasteiger partial charge in [-0.3, -0.25) is 9.59 Å². The number of hydrogen-bond donors (Lipinski definition) is 1. The van der Waals surface area contributed by atoms with Gasteiger partial charge in [-0.1, -0.05) is 36.4 Å². The van der Waals surface area contributed by atoms with Gasteiger partial charge in [0.15, 0.2) is 0 Å².